The molecule has 3 heterocycles. The van der Waals surface area contributed by atoms with Crippen molar-refractivity contribution < 1.29 is 49.9 Å². The van der Waals surface area contributed by atoms with E-state index in [1.54, 1.807) is 18.2 Å². The number of nitrogens with zero attached hydrogens (tertiary/aromatic N) is 2. The van der Waals surface area contributed by atoms with Crippen molar-refractivity contribution in [2.45, 2.75) is 115 Å². The fourth-order valence-electron chi connectivity index (χ4n) is 6.62. The molecule has 1 aromatic heterocycles. The molecule has 17 heteroatoms. The number of fused-ring (bicyclic) bond motifs is 1. The summed E-state index contributed by atoms with van der Waals surface area (Å²) in [6.45, 7) is 14.1. The maximum absolute atomic E-state index is 14.0. The SMILES string of the molecule is CC(C)[Si]1(C(C)C)OC[C@H]2O[C@@H](n3ccc(=O)n(C(=O)c4ccccc4)c3=O)C(OCCC(=O)OCC(F)(F)F)[C@H]2O[Si](C(C)C)(C(C)C)O1. The Kier molecular flexibility index (Phi) is 12.6. The van der Waals surface area contributed by atoms with E-state index in [2.05, 4.69) is 32.4 Å². The topological polar surface area (TPSA) is 134 Å². The van der Waals surface area contributed by atoms with Gasteiger partial charge in [-0.1, -0.05) is 73.6 Å². The summed E-state index contributed by atoms with van der Waals surface area (Å²) in [4.78, 5) is 52.5. The van der Waals surface area contributed by atoms with E-state index in [0.29, 0.717) is 4.57 Å². The summed E-state index contributed by atoms with van der Waals surface area (Å²) in [5, 5.41) is 0. The molecular formula is C33H47F3N2O10Si2. The summed E-state index contributed by atoms with van der Waals surface area (Å²) in [6, 6.07) is 8.86. The number of aromatic nitrogens is 2. The molecule has 0 amide bonds. The van der Waals surface area contributed by atoms with Crippen LogP contribution in [0.15, 0.2) is 52.2 Å². The standard InChI is InChI=1S/C33H47F3N2O10Si2/c1-20(2)49(21(3)4)45-18-25-28(47-50(48-49,22(5)6)23(7)8)29(43-17-15-27(40)44-19-33(34,35)36)31(46-25)37-16-14-26(39)38(32(37)42)30(41)24-12-10-9-11-13-24/h9-14,16,20-23,25,28-29,31H,15,17-19H2,1-8H3/t25-,28+,29?,31-/m1/s1. The fraction of sp³-hybridized carbons (Fsp3) is 0.636. The molecule has 0 saturated carbocycles. The normalized spacial score (nSPS) is 23.6. The molecule has 1 unspecified atom stereocenters. The molecule has 0 N–H and O–H groups in total. The number of esters is 1. The number of ether oxygens (including phenoxy) is 3. The van der Waals surface area contributed by atoms with Gasteiger partial charge in [0.05, 0.1) is 19.6 Å². The van der Waals surface area contributed by atoms with Crippen LogP contribution in [0.2, 0.25) is 22.2 Å². The van der Waals surface area contributed by atoms with Crippen LogP contribution < -0.4 is 11.2 Å². The third kappa shape index (κ3) is 8.24. The van der Waals surface area contributed by atoms with Crippen LogP contribution in [0.1, 0.15) is 78.4 Å². The van der Waals surface area contributed by atoms with Crippen LogP contribution in [-0.4, -0.2) is 82.4 Å². The van der Waals surface area contributed by atoms with Gasteiger partial charge in [0.2, 0.25) is 0 Å². The minimum absolute atomic E-state index is 0.00472. The van der Waals surface area contributed by atoms with Crippen molar-refractivity contribution in [1.82, 2.24) is 9.13 Å². The lowest BCUT2D eigenvalue weighted by Gasteiger charge is -2.51. The molecular weight excluding hydrogens is 698 g/mol. The van der Waals surface area contributed by atoms with Crippen molar-refractivity contribution in [2.24, 2.45) is 0 Å². The third-order valence-electron chi connectivity index (χ3n) is 9.14. The van der Waals surface area contributed by atoms with Crippen LogP contribution >= 0.6 is 0 Å². The lowest BCUT2D eigenvalue weighted by molar-refractivity contribution is -0.187. The van der Waals surface area contributed by atoms with Crippen LogP contribution in [0.4, 0.5) is 13.2 Å². The highest BCUT2D eigenvalue weighted by Crippen LogP contribution is 2.48. The third-order valence-corrected chi connectivity index (χ3v) is 19.4. The minimum Gasteiger partial charge on any atom is -0.456 e. The Labute approximate surface area is 291 Å². The van der Waals surface area contributed by atoms with E-state index in [0.717, 1.165) is 10.6 Å². The second-order valence-electron chi connectivity index (χ2n) is 13.8. The zero-order valence-corrected chi connectivity index (χ0v) is 31.6. The number of carbonyl (C=O) groups is 2. The number of hydrogen-bond donors (Lipinski definition) is 0. The Balaban J connectivity index is 1.80. The fourth-order valence-corrected chi connectivity index (χ4v) is 17.8. The highest BCUT2D eigenvalue weighted by Gasteiger charge is 2.62. The summed E-state index contributed by atoms with van der Waals surface area (Å²) in [5.41, 5.74) is -1.92. The Morgan fingerprint density at radius 3 is 2.08 bits per heavy atom. The van der Waals surface area contributed by atoms with Crippen molar-refractivity contribution in [3.8, 4) is 0 Å². The first-order valence-corrected chi connectivity index (χ1v) is 20.7. The van der Waals surface area contributed by atoms with E-state index in [1.165, 1.54) is 18.3 Å². The summed E-state index contributed by atoms with van der Waals surface area (Å²) in [5.74, 6) is -2.00. The van der Waals surface area contributed by atoms with E-state index in [4.69, 9.17) is 22.4 Å². The van der Waals surface area contributed by atoms with E-state index in [9.17, 15) is 32.3 Å². The molecule has 0 aliphatic carbocycles. The van der Waals surface area contributed by atoms with Crippen LogP contribution in [-0.2, 0) is 32.0 Å². The van der Waals surface area contributed by atoms with Crippen LogP contribution in [0, 0.1) is 0 Å². The number of carbonyl (C=O) groups excluding carboxylic acids is 2. The molecule has 0 radical (unpaired) electrons. The van der Waals surface area contributed by atoms with E-state index in [1.807, 2.05) is 27.7 Å². The quantitative estimate of drug-likeness (QED) is 0.217. The predicted octanol–water partition coefficient (Wildman–Crippen LogP) is 5.43. The van der Waals surface area contributed by atoms with Gasteiger partial charge < -0.3 is 27.2 Å². The lowest BCUT2D eigenvalue weighted by atomic mass is 10.1. The molecule has 1 aromatic carbocycles. The van der Waals surface area contributed by atoms with Crippen LogP contribution in [0.5, 0.6) is 0 Å². The Morgan fingerprint density at radius 1 is 0.920 bits per heavy atom. The van der Waals surface area contributed by atoms with Gasteiger partial charge in [-0.2, -0.15) is 17.7 Å². The van der Waals surface area contributed by atoms with E-state index in [-0.39, 0.29) is 34.3 Å². The van der Waals surface area contributed by atoms with Gasteiger partial charge in [0, 0.05) is 17.8 Å². The first-order valence-electron chi connectivity index (χ1n) is 16.8. The maximum Gasteiger partial charge on any atom is 0.422 e. The summed E-state index contributed by atoms with van der Waals surface area (Å²) >= 11 is 0. The number of rotatable bonds is 11. The van der Waals surface area contributed by atoms with Gasteiger partial charge in [-0.25, -0.2) is 4.79 Å². The zero-order valence-electron chi connectivity index (χ0n) is 29.6. The predicted molar refractivity (Wildman–Crippen MR) is 180 cm³/mol. The second-order valence-corrected chi connectivity index (χ2v) is 22.7. The lowest BCUT2D eigenvalue weighted by Crippen LogP contribution is -2.66. The summed E-state index contributed by atoms with van der Waals surface area (Å²) in [6.07, 6.45) is -8.29. The zero-order chi connectivity index (χ0) is 37.2. The number of hydrogen-bond acceptors (Lipinski definition) is 10. The largest absolute Gasteiger partial charge is 0.456 e. The van der Waals surface area contributed by atoms with Gasteiger partial charge >= 0.3 is 35.0 Å². The molecule has 4 atom stereocenters. The molecule has 0 bridgehead atoms. The monoisotopic (exact) mass is 744 g/mol. The van der Waals surface area contributed by atoms with Crippen molar-refractivity contribution in [3.63, 3.8) is 0 Å². The van der Waals surface area contributed by atoms with Crippen molar-refractivity contribution >= 4 is 29.0 Å². The molecule has 2 aromatic rings. The van der Waals surface area contributed by atoms with Gasteiger partial charge in [-0.3, -0.25) is 19.0 Å². The number of alkyl halides is 3. The van der Waals surface area contributed by atoms with Gasteiger partial charge in [0.1, 0.15) is 18.3 Å². The van der Waals surface area contributed by atoms with E-state index < -0.39 is 90.6 Å². The summed E-state index contributed by atoms with van der Waals surface area (Å²) < 4.78 is 77.7. The molecule has 0 spiro atoms. The maximum atomic E-state index is 14.0. The van der Waals surface area contributed by atoms with Gasteiger partial charge in [-0.05, 0) is 34.3 Å². The van der Waals surface area contributed by atoms with Crippen LogP contribution in [0.25, 0.3) is 0 Å². The molecule has 50 heavy (non-hydrogen) atoms. The minimum atomic E-state index is -4.70. The van der Waals surface area contributed by atoms with Crippen LogP contribution in [0.3, 0.4) is 0 Å². The Morgan fingerprint density at radius 2 is 1.52 bits per heavy atom. The first-order chi connectivity index (χ1) is 23.3. The van der Waals surface area contributed by atoms with Crippen molar-refractivity contribution in [3.05, 3.63) is 69.0 Å². The molecule has 2 aliphatic rings. The van der Waals surface area contributed by atoms with Crippen molar-refractivity contribution in [2.75, 3.05) is 19.8 Å². The molecule has 2 aliphatic heterocycles. The van der Waals surface area contributed by atoms with Gasteiger partial charge in [-0.15, -0.1) is 0 Å². The van der Waals surface area contributed by atoms with Gasteiger partial charge in [0.25, 0.3) is 11.5 Å². The average Bonchev–Trinajstić information content (AvgIpc) is 3.35. The van der Waals surface area contributed by atoms with E-state index >= 15 is 0 Å². The molecule has 278 valence electrons. The average molecular weight is 745 g/mol. The molecule has 12 nitrogen and oxygen atoms in total. The second kappa shape index (κ2) is 15.8. The number of halogens is 3. The van der Waals surface area contributed by atoms with Gasteiger partial charge in [0.15, 0.2) is 12.8 Å². The number of benzene rings is 1. The first kappa shape index (κ1) is 39.8. The highest BCUT2D eigenvalue weighted by molar-refractivity contribution is 6.84. The Hall–Kier alpha value is -2.94. The molecule has 4 rings (SSSR count). The smallest absolute Gasteiger partial charge is 0.422 e. The molecule has 2 saturated heterocycles. The Bertz CT molecular complexity index is 1600. The molecule has 2 fully saturated rings. The highest BCUT2D eigenvalue weighted by atomic mass is 28.5. The summed E-state index contributed by atoms with van der Waals surface area (Å²) in [7, 11) is -6.27. The van der Waals surface area contributed by atoms with Crippen molar-refractivity contribution in [1.29, 1.82) is 0 Å².